The van der Waals surface area contributed by atoms with Gasteiger partial charge in [0.25, 0.3) is 0 Å². The number of aromatic nitrogens is 1. The number of piperidine rings is 1. The average molecular weight is 244 g/mol. The molecule has 0 unspecified atom stereocenters. The predicted molar refractivity (Wildman–Crippen MR) is 72.6 cm³/mol. The van der Waals surface area contributed by atoms with E-state index in [1.54, 1.807) is 7.11 Å². The van der Waals surface area contributed by atoms with Crippen molar-refractivity contribution < 1.29 is 4.74 Å². The number of fused-ring (bicyclic) bond motifs is 1. The second kappa shape index (κ2) is 4.73. The summed E-state index contributed by atoms with van der Waals surface area (Å²) in [5.74, 6) is 1.66. The monoisotopic (exact) mass is 244 g/mol. The first-order valence-corrected chi connectivity index (χ1v) is 6.74. The zero-order valence-corrected chi connectivity index (χ0v) is 11.1. The van der Waals surface area contributed by atoms with Crippen LogP contribution in [0.25, 0.3) is 5.57 Å². The van der Waals surface area contributed by atoms with E-state index >= 15 is 0 Å². The van der Waals surface area contributed by atoms with E-state index in [1.807, 2.05) is 13.1 Å². The predicted octanol–water partition coefficient (Wildman–Crippen LogP) is 2.55. The lowest BCUT2D eigenvalue weighted by Gasteiger charge is -2.29. The summed E-state index contributed by atoms with van der Waals surface area (Å²) in [6.07, 6.45) is 8.19. The molecule has 0 bridgehead atoms. The van der Waals surface area contributed by atoms with Gasteiger partial charge in [0.1, 0.15) is 5.75 Å². The van der Waals surface area contributed by atoms with Crippen LogP contribution >= 0.6 is 0 Å². The molecule has 1 aromatic rings. The van der Waals surface area contributed by atoms with E-state index in [1.165, 1.54) is 30.4 Å². The SMILES string of the molecule is COc1cc(C2=CC[C@H]3CCCN[C@@H]23)cnc1C. The Bertz CT molecular complexity index is 481. The van der Waals surface area contributed by atoms with Crippen molar-refractivity contribution in [3.63, 3.8) is 0 Å². The van der Waals surface area contributed by atoms with Crippen LogP contribution < -0.4 is 10.1 Å². The van der Waals surface area contributed by atoms with Gasteiger partial charge >= 0.3 is 0 Å². The van der Waals surface area contributed by atoms with Crippen LogP contribution in [0.5, 0.6) is 5.75 Å². The van der Waals surface area contributed by atoms with Crippen LogP contribution in [0.15, 0.2) is 18.3 Å². The van der Waals surface area contributed by atoms with Gasteiger partial charge in [-0.2, -0.15) is 0 Å². The minimum Gasteiger partial charge on any atom is -0.495 e. The van der Waals surface area contributed by atoms with Crippen molar-refractivity contribution in [3.8, 4) is 5.75 Å². The van der Waals surface area contributed by atoms with E-state index < -0.39 is 0 Å². The fourth-order valence-corrected chi connectivity index (χ4v) is 3.15. The first-order valence-electron chi connectivity index (χ1n) is 6.74. The van der Waals surface area contributed by atoms with Crippen molar-refractivity contribution in [3.05, 3.63) is 29.6 Å². The van der Waals surface area contributed by atoms with Crippen LogP contribution in [0.1, 0.15) is 30.5 Å². The van der Waals surface area contributed by atoms with Gasteiger partial charge in [0, 0.05) is 17.8 Å². The summed E-state index contributed by atoms with van der Waals surface area (Å²) in [5.41, 5.74) is 3.57. The van der Waals surface area contributed by atoms with E-state index in [0.29, 0.717) is 6.04 Å². The smallest absolute Gasteiger partial charge is 0.140 e. The van der Waals surface area contributed by atoms with E-state index in [2.05, 4.69) is 22.4 Å². The van der Waals surface area contributed by atoms with Gasteiger partial charge in [-0.3, -0.25) is 4.98 Å². The number of ether oxygens (including phenoxy) is 1. The van der Waals surface area contributed by atoms with Crippen LogP contribution in [-0.2, 0) is 0 Å². The molecule has 2 atom stereocenters. The third kappa shape index (κ3) is 1.93. The van der Waals surface area contributed by atoms with Crippen molar-refractivity contribution >= 4 is 5.57 Å². The molecular formula is C15H20N2O. The normalized spacial score (nSPS) is 26.7. The van der Waals surface area contributed by atoms with Gasteiger partial charge in [0.2, 0.25) is 0 Å². The summed E-state index contributed by atoms with van der Waals surface area (Å²) in [7, 11) is 1.71. The zero-order valence-electron chi connectivity index (χ0n) is 11.1. The number of methoxy groups -OCH3 is 1. The quantitative estimate of drug-likeness (QED) is 0.868. The summed E-state index contributed by atoms with van der Waals surface area (Å²) < 4.78 is 5.37. The molecule has 2 aliphatic rings. The second-order valence-corrected chi connectivity index (χ2v) is 5.24. The molecule has 96 valence electrons. The number of allylic oxidation sites excluding steroid dienone is 1. The lowest BCUT2D eigenvalue weighted by atomic mass is 9.89. The van der Waals surface area contributed by atoms with Gasteiger partial charge in [0.15, 0.2) is 0 Å². The number of rotatable bonds is 2. The third-order valence-corrected chi connectivity index (χ3v) is 4.16. The second-order valence-electron chi connectivity index (χ2n) is 5.24. The van der Waals surface area contributed by atoms with Gasteiger partial charge in [-0.05, 0) is 50.3 Å². The summed E-state index contributed by atoms with van der Waals surface area (Å²) in [4.78, 5) is 4.44. The molecule has 0 radical (unpaired) electrons. The number of nitrogens with zero attached hydrogens (tertiary/aromatic N) is 1. The van der Waals surface area contributed by atoms with Crippen LogP contribution in [0.4, 0.5) is 0 Å². The lowest BCUT2D eigenvalue weighted by Crippen LogP contribution is -2.39. The Morgan fingerprint density at radius 3 is 3.17 bits per heavy atom. The molecule has 1 aromatic heterocycles. The number of nitrogens with one attached hydrogen (secondary N) is 1. The van der Waals surface area contributed by atoms with Gasteiger partial charge < -0.3 is 10.1 Å². The summed E-state index contributed by atoms with van der Waals surface area (Å²) in [6.45, 7) is 3.11. The largest absolute Gasteiger partial charge is 0.495 e. The highest BCUT2D eigenvalue weighted by molar-refractivity contribution is 5.72. The van der Waals surface area contributed by atoms with E-state index in [0.717, 1.165) is 23.9 Å². The summed E-state index contributed by atoms with van der Waals surface area (Å²) >= 11 is 0. The highest BCUT2D eigenvalue weighted by Crippen LogP contribution is 2.37. The maximum absolute atomic E-state index is 5.37. The van der Waals surface area contributed by atoms with Gasteiger partial charge in [-0.15, -0.1) is 0 Å². The number of pyridine rings is 1. The Kier molecular flexibility index (Phi) is 3.08. The maximum Gasteiger partial charge on any atom is 0.140 e. The molecule has 1 fully saturated rings. The highest BCUT2D eigenvalue weighted by atomic mass is 16.5. The highest BCUT2D eigenvalue weighted by Gasteiger charge is 2.32. The Morgan fingerprint density at radius 1 is 1.44 bits per heavy atom. The van der Waals surface area contributed by atoms with Crippen LogP contribution in [0.2, 0.25) is 0 Å². The molecule has 3 heteroatoms. The van der Waals surface area contributed by atoms with Crippen molar-refractivity contribution in [1.82, 2.24) is 10.3 Å². The van der Waals surface area contributed by atoms with Gasteiger partial charge in [-0.25, -0.2) is 0 Å². The Morgan fingerprint density at radius 2 is 2.33 bits per heavy atom. The molecule has 1 N–H and O–H groups in total. The fraction of sp³-hybridized carbons (Fsp3) is 0.533. The zero-order chi connectivity index (χ0) is 12.5. The van der Waals surface area contributed by atoms with Crippen LogP contribution in [0.3, 0.4) is 0 Å². The third-order valence-electron chi connectivity index (χ3n) is 4.16. The molecular weight excluding hydrogens is 224 g/mol. The number of hydrogen-bond donors (Lipinski definition) is 1. The summed E-state index contributed by atoms with van der Waals surface area (Å²) in [6, 6.07) is 2.64. The van der Waals surface area contributed by atoms with E-state index in [9.17, 15) is 0 Å². The molecule has 18 heavy (non-hydrogen) atoms. The van der Waals surface area contributed by atoms with Gasteiger partial charge in [-0.1, -0.05) is 6.08 Å². The Balaban J connectivity index is 1.91. The maximum atomic E-state index is 5.37. The average Bonchev–Trinajstić information content (AvgIpc) is 2.83. The minimum absolute atomic E-state index is 0.521. The Labute approximate surface area is 108 Å². The lowest BCUT2D eigenvalue weighted by molar-refractivity contribution is 0.345. The van der Waals surface area contributed by atoms with Crippen LogP contribution in [0, 0.1) is 12.8 Å². The van der Waals surface area contributed by atoms with Crippen LogP contribution in [-0.4, -0.2) is 24.7 Å². The first-order chi connectivity index (χ1) is 8.79. The molecule has 3 nitrogen and oxygen atoms in total. The molecule has 1 aliphatic carbocycles. The molecule has 3 rings (SSSR count). The summed E-state index contributed by atoms with van der Waals surface area (Å²) in [5, 5.41) is 3.64. The molecule has 0 saturated carbocycles. The van der Waals surface area contributed by atoms with Gasteiger partial charge in [0.05, 0.1) is 12.8 Å². The van der Waals surface area contributed by atoms with Crippen molar-refractivity contribution in [2.75, 3.05) is 13.7 Å². The van der Waals surface area contributed by atoms with E-state index in [4.69, 9.17) is 4.74 Å². The Hall–Kier alpha value is -1.35. The molecule has 1 saturated heterocycles. The first kappa shape index (κ1) is 11.7. The number of aryl methyl sites for hydroxylation is 1. The molecule has 0 spiro atoms. The molecule has 0 amide bonds. The van der Waals surface area contributed by atoms with Crippen molar-refractivity contribution in [1.29, 1.82) is 0 Å². The van der Waals surface area contributed by atoms with Crippen molar-refractivity contribution in [2.45, 2.75) is 32.2 Å². The van der Waals surface area contributed by atoms with Crippen molar-refractivity contribution in [2.24, 2.45) is 5.92 Å². The topological polar surface area (TPSA) is 34.1 Å². The van der Waals surface area contributed by atoms with E-state index in [-0.39, 0.29) is 0 Å². The molecule has 2 heterocycles. The standard InChI is InChI=1S/C15H20N2O/c1-10-14(18-2)8-12(9-17-10)13-6-5-11-4-3-7-16-15(11)13/h6,8-9,11,15-16H,3-5,7H2,1-2H3/t11-,15-/m1/s1. The number of hydrogen-bond acceptors (Lipinski definition) is 3. The fourth-order valence-electron chi connectivity index (χ4n) is 3.15. The molecule has 1 aliphatic heterocycles. The molecule has 0 aromatic carbocycles. The minimum atomic E-state index is 0.521.